The Morgan fingerprint density at radius 1 is 1.56 bits per heavy atom. The van der Waals surface area contributed by atoms with Gasteiger partial charge in [0.15, 0.2) is 0 Å². The van der Waals surface area contributed by atoms with Crippen molar-refractivity contribution >= 4 is 11.6 Å². The van der Waals surface area contributed by atoms with Crippen molar-refractivity contribution in [3.05, 3.63) is 22.8 Å². The van der Waals surface area contributed by atoms with Gasteiger partial charge in [0.2, 0.25) is 5.88 Å². The highest BCUT2D eigenvalue weighted by atomic mass is 35.5. The van der Waals surface area contributed by atoms with Gasteiger partial charge in [-0.1, -0.05) is 25.4 Å². The third-order valence-corrected chi connectivity index (χ3v) is 4.04. The molecule has 1 aliphatic rings. The predicted octanol–water partition coefficient (Wildman–Crippen LogP) is 2.40. The zero-order valence-electron chi connectivity index (χ0n) is 9.75. The van der Waals surface area contributed by atoms with Crippen LogP contribution in [-0.2, 0) is 5.41 Å². The van der Waals surface area contributed by atoms with E-state index in [2.05, 4.69) is 18.8 Å². The van der Waals surface area contributed by atoms with E-state index in [-0.39, 0.29) is 17.4 Å². The van der Waals surface area contributed by atoms with Crippen LogP contribution in [0.25, 0.3) is 0 Å². The number of aromatic nitrogens is 1. The van der Waals surface area contributed by atoms with E-state index in [0.29, 0.717) is 10.9 Å². The van der Waals surface area contributed by atoms with Gasteiger partial charge in [-0.3, -0.25) is 0 Å². The van der Waals surface area contributed by atoms with Crippen molar-refractivity contribution in [3.8, 4) is 5.88 Å². The minimum absolute atomic E-state index is 0.0434. The largest absolute Gasteiger partial charge is 0.481 e. The van der Waals surface area contributed by atoms with E-state index in [1.807, 2.05) is 0 Å². The van der Waals surface area contributed by atoms with Gasteiger partial charge in [0, 0.05) is 17.2 Å². The standard InChI is InChI=1S/C12H16ClNO2/c1-11(2)6-12(11,7-15)9-8(13)4-5-14-10(9)16-3/h4-5,15H,6-7H2,1-3H3. The number of aliphatic hydroxyl groups excluding tert-OH is 1. The fraction of sp³-hybridized carbons (Fsp3) is 0.583. The molecule has 3 nitrogen and oxygen atoms in total. The van der Waals surface area contributed by atoms with Gasteiger partial charge in [0.1, 0.15) is 0 Å². The number of aliphatic hydroxyl groups is 1. The number of nitrogens with zero attached hydrogens (tertiary/aromatic N) is 1. The molecule has 0 radical (unpaired) electrons. The second-order valence-electron chi connectivity index (χ2n) is 4.98. The summed E-state index contributed by atoms with van der Waals surface area (Å²) in [6.07, 6.45) is 2.52. The highest BCUT2D eigenvalue weighted by Crippen LogP contribution is 2.66. The van der Waals surface area contributed by atoms with E-state index in [9.17, 15) is 5.11 Å². The first kappa shape index (κ1) is 11.7. The van der Waals surface area contributed by atoms with Crippen molar-refractivity contribution in [2.24, 2.45) is 5.41 Å². The molecule has 1 atom stereocenters. The quantitative estimate of drug-likeness (QED) is 0.884. The van der Waals surface area contributed by atoms with E-state index in [1.165, 1.54) is 0 Å². The lowest BCUT2D eigenvalue weighted by Gasteiger charge is -2.21. The van der Waals surface area contributed by atoms with Gasteiger partial charge >= 0.3 is 0 Å². The Hall–Kier alpha value is -0.800. The topological polar surface area (TPSA) is 42.4 Å². The molecule has 1 aromatic heterocycles. The molecule has 16 heavy (non-hydrogen) atoms. The molecule has 0 saturated heterocycles. The molecular weight excluding hydrogens is 226 g/mol. The predicted molar refractivity (Wildman–Crippen MR) is 63.0 cm³/mol. The first-order valence-corrected chi connectivity index (χ1v) is 5.66. The minimum Gasteiger partial charge on any atom is -0.481 e. The third kappa shape index (κ3) is 1.42. The Morgan fingerprint density at radius 2 is 2.19 bits per heavy atom. The maximum absolute atomic E-state index is 9.65. The van der Waals surface area contributed by atoms with Crippen molar-refractivity contribution in [2.45, 2.75) is 25.7 Å². The van der Waals surface area contributed by atoms with Crippen LogP contribution >= 0.6 is 11.6 Å². The number of hydrogen-bond donors (Lipinski definition) is 1. The van der Waals surface area contributed by atoms with E-state index >= 15 is 0 Å². The Bertz CT molecular complexity index is 419. The summed E-state index contributed by atoms with van der Waals surface area (Å²) in [5.41, 5.74) is 0.581. The van der Waals surface area contributed by atoms with Crippen LogP contribution in [0.5, 0.6) is 5.88 Å². The zero-order valence-corrected chi connectivity index (χ0v) is 10.5. The molecule has 1 unspecified atom stereocenters. The van der Waals surface area contributed by atoms with E-state index in [0.717, 1.165) is 12.0 Å². The fourth-order valence-electron chi connectivity index (χ4n) is 2.49. The van der Waals surface area contributed by atoms with Crippen molar-refractivity contribution < 1.29 is 9.84 Å². The summed E-state index contributed by atoms with van der Waals surface area (Å²) in [5, 5.41) is 10.3. The number of methoxy groups -OCH3 is 1. The van der Waals surface area contributed by atoms with E-state index in [4.69, 9.17) is 16.3 Å². The Kier molecular flexibility index (Phi) is 2.63. The third-order valence-electron chi connectivity index (χ3n) is 3.72. The second-order valence-corrected chi connectivity index (χ2v) is 5.39. The van der Waals surface area contributed by atoms with Crippen molar-refractivity contribution in [2.75, 3.05) is 13.7 Å². The lowest BCUT2D eigenvalue weighted by Crippen LogP contribution is -2.21. The summed E-state index contributed by atoms with van der Waals surface area (Å²) in [5.74, 6) is 0.520. The minimum atomic E-state index is -0.302. The lowest BCUT2D eigenvalue weighted by molar-refractivity contribution is 0.227. The van der Waals surface area contributed by atoms with E-state index in [1.54, 1.807) is 19.4 Å². The number of halogens is 1. The Balaban J connectivity index is 2.56. The van der Waals surface area contributed by atoms with Gasteiger partial charge in [0.05, 0.1) is 18.7 Å². The molecule has 0 aromatic carbocycles. The highest BCUT2D eigenvalue weighted by molar-refractivity contribution is 6.31. The van der Waals surface area contributed by atoms with Crippen LogP contribution in [-0.4, -0.2) is 23.8 Å². The molecule has 2 rings (SSSR count). The molecule has 1 saturated carbocycles. The molecule has 0 bridgehead atoms. The average Bonchev–Trinajstić information content (AvgIpc) is 2.81. The molecule has 0 amide bonds. The monoisotopic (exact) mass is 241 g/mol. The zero-order chi connectivity index (χ0) is 12.0. The van der Waals surface area contributed by atoms with Gasteiger partial charge in [0.25, 0.3) is 0 Å². The SMILES string of the molecule is COc1nccc(Cl)c1C1(CO)CC1(C)C. The number of ether oxygens (including phenoxy) is 1. The molecule has 1 N–H and O–H groups in total. The summed E-state index contributed by atoms with van der Waals surface area (Å²) in [7, 11) is 1.57. The van der Waals surface area contributed by atoms with Gasteiger partial charge in [-0.25, -0.2) is 4.98 Å². The van der Waals surface area contributed by atoms with Crippen LogP contribution in [0.2, 0.25) is 5.02 Å². The first-order chi connectivity index (χ1) is 7.48. The van der Waals surface area contributed by atoms with Gasteiger partial charge in [-0.15, -0.1) is 0 Å². The summed E-state index contributed by atoms with van der Waals surface area (Å²) < 4.78 is 5.24. The van der Waals surface area contributed by atoms with Crippen LogP contribution in [0.4, 0.5) is 0 Å². The van der Waals surface area contributed by atoms with Crippen molar-refractivity contribution in [1.29, 1.82) is 0 Å². The fourth-order valence-corrected chi connectivity index (χ4v) is 2.81. The number of pyridine rings is 1. The summed E-state index contributed by atoms with van der Waals surface area (Å²) in [6.45, 7) is 4.31. The maximum atomic E-state index is 9.65. The van der Waals surface area contributed by atoms with Crippen LogP contribution < -0.4 is 4.74 Å². The van der Waals surface area contributed by atoms with Gasteiger partial charge in [-0.2, -0.15) is 0 Å². The molecule has 1 aromatic rings. The second kappa shape index (κ2) is 3.60. The molecule has 0 spiro atoms. The maximum Gasteiger partial charge on any atom is 0.218 e. The highest BCUT2D eigenvalue weighted by Gasteiger charge is 2.63. The Labute approximate surface area is 100 Å². The summed E-state index contributed by atoms with van der Waals surface area (Å²) in [4.78, 5) is 4.16. The number of hydrogen-bond acceptors (Lipinski definition) is 3. The van der Waals surface area contributed by atoms with Crippen molar-refractivity contribution in [1.82, 2.24) is 4.98 Å². The molecule has 1 fully saturated rings. The number of rotatable bonds is 3. The Morgan fingerprint density at radius 3 is 2.62 bits per heavy atom. The molecule has 4 heteroatoms. The molecular formula is C12H16ClNO2. The molecule has 0 aliphatic heterocycles. The summed E-state index contributed by atoms with van der Waals surface area (Å²) in [6, 6.07) is 1.74. The molecule has 1 aliphatic carbocycles. The smallest absolute Gasteiger partial charge is 0.218 e. The van der Waals surface area contributed by atoms with Gasteiger partial charge < -0.3 is 9.84 Å². The van der Waals surface area contributed by atoms with Gasteiger partial charge in [-0.05, 0) is 17.9 Å². The lowest BCUT2D eigenvalue weighted by atomic mass is 9.89. The first-order valence-electron chi connectivity index (χ1n) is 5.28. The normalized spacial score (nSPS) is 26.6. The molecule has 1 heterocycles. The van der Waals surface area contributed by atoms with Crippen molar-refractivity contribution in [3.63, 3.8) is 0 Å². The summed E-state index contributed by atoms with van der Waals surface area (Å²) >= 11 is 6.21. The van der Waals surface area contributed by atoms with E-state index < -0.39 is 0 Å². The average molecular weight is 242 g/mol. The van der Waals surface area contributed by atoms with Crippen LogP contribution in [0, 0.1) is 5.41 Å². The van der Waals surface area contributed by atoms with Crippen LogP contribution in [0.3, 0.4) is 0 Å². The molecule has 88 valence electrons. The van der Waals surface area contributed by atoms with Crippen LogP contribution in [0.1, 0.15) is 25.8 Å². The van der Waals surface area contributed by atoms with Crippen LogP contribution in [0.15, 0.2) is 12.3 Å².